The molecule has 0 heterocycles. The van der Waals surface area contributed by atoms with Gasteiger partial charge < -0.3 is 19.5 Å². The fraction of sp³-hybridized carbons (Fsp3) is 0.529. The summed E-state index contributed by atoms with van der Waals surface area (Å²) in [4.78, 5) is 24.3. The maximum absolute atomic E-state index is 12.2. The lowest BCUT2D eigenvalue weighted by atomic mass is 10.1. The average Bonchev–Trinajstić information content (AvgIpc) is 2.54. The molecule has 146 valence electrons. The quantitative estimate of drug-likeness (QED) is 0.716. The first-order valence-electron chi connectivity index (χ1n) is 7.91. The normalized spacial score (nSPS) is 11.3. The van der Waals surface area contributed by atoms with Gasteiger partial charge >= 0.3 is 12.1 Å². The first-order valence-corrected chi connectivity index (χ1v) is 7.91. The van der Waals surface area contributed by atoms with Crippen molar-refractivity contribution in [3.63, 3.8) is 0 Å². The SMILES string of the molecule is COc1cc(CCC(=O)N(CC(=O)O)C(C)C)ccc1OCC(F)(F)F. The molecule has 0 aromatic heterocycles. The van der Waals surface area contributed by atoms with E-state index in [1.54, 1.807) is 19.9 Å². The van der Waals surface area contributed by atoms with Crippen molar-refractivity contribution in [2.24, 2.45) is 0 Å². The number of hydrogen-bond acceptors (Lipinski definition) is 4. The second-order valence-corrected chi connectivity index (χ2v) is 5.90. The van der Waals surface area contributed by atoms with Gasteiger partial charge in [0.2, 0.25) is 5.91 Å². The van der Waals surface area contributed by atoms with E-state index in [2.05, 4.69) is 0 Å². The number of ether oxygens (including phenoxy) is 2. The van der Waals surface area contributed by atoms with Gasteiger partial charge in [-0.05, 0) is 38.0 Å². The van der Waals surface area contributed by atoms with Gasteiger partial charge in [-0.25, -0.2) is 0 Å². The number of amides is 1. The van der Waals surface area contributed by atoms with E-state index in [0.717, 1.165) is 0 Å². The number of nitrogens with zero attached hydrogens (tertiary/aromatic N) is 1. The van der Waals surface area contributed by atoms with E-state index in [1.807, 2.05) is 0 Å². The van der Waals surface area contributed by atoms with Crippen molar-refractivity contribution in [3.8, 4) is 11.5 Å². The van der Waals surface area contributed by atoms with Crippen molar-refractivity contribution in [3.05, 3.63) is 23.8 Å². The molecule has 1 rings (SSSR count). The number of carboxylic acids is 1. The predicted molar refractivity (Wildman–Crippen MR) is 87.3 cm³/mol. The summed E-state index contributed by atoms with van der Waals surface area (Å²) >= 11 is 0. The Bertz CT molecular complexity index is 631. The highest BCUT2D eigenvalue weighted by atomic mass is 19.4. The molecule has 1 aromatic carbocycles. The van der Waals surface area contributed by atoms with Crippen LogP contribution in [0.1, 0.15) is 25.8 Å². The van der Waals surface area contributed by atoms with Crippen molar-refractivity contribution in [2.45, 2.75) is 38.9 Å². The van der Waals surface area contributed by atoms with Gasteiger partial charge in [0.1, 0.15) is 6.54 Å². The summed E-state index contributed by atoms with van der Waals surface area (Å²) in [7, 11) is 1.30. The zero-order valence-corrected chi connectivity index (χ0v) is 14.8. The molecular formula is C17H22F3NO5. The van der Waals surface area contributed by atoms with Crippen LogP contribution in [0.5, 0.6) is 11.5 Å². The molecule has 9 heteroatoms. The van der Waals surface area contributed by atoms with E-state index in [1.165, 1.54) is 24.1 Å². The van der Waals surface area contributed by atoms with E-state index in [4.69, 9.17) is 14.6 Å². The van der Waals surface area contributed by atoms with E-state index in [9.17, 15) is 22.8 Å². The van der Waals surface area contributed by atoms with Crippen LogP contribution < -0.4 is 9.47 Å². The molecule has 0 unspecified atom stereocenters. The third-order valence-electron chi connectivity index (χ3n) is 3.50. The van der Waals surface area contributed by atoms with E-state index in [0.29, 0.717) is 5.56 Å². The molecule has 26 heavy (non-hydrogen) atoms. The van der Waals surface area contributed by atoms with Crippen molar-refractivity contribution < 1.29 is 37.3 Å². The summed E-state index contributed by atoms with van der Waals surface area (Å²) in [5, 5.41) is 8.87. The zero-order chi connectivity index (χ0) is 19.9. The van der Waals surface area contributed by atoms with Gasteiger partial charge in [-0.15, -0.1) is 0 Å². The molecule has 0 saturated carbocycles. The summed E-state index contributed by atoms with van der Waals surface area (Å²) in [6, 6.07) is 4.13. The number of rotatable bonds is 9. The molecule has 0 bridgehead atoms. The first-order chi connectivity index (χ1) is 12.0. The lowest BCUT2D eigenvalue weighted by Gasteiger charge is -2.25. The summed E-state index contributed by atoms with van der Waals surface area (Å²) in [5.74, 6) is -1.33. The number of aliphatic carboxylic acids is 1. The standard InChI is InChI=1S/C17H22F3NO5/c1-11(2)21(9-16(23)24)15(22)7-5-12-4-6-13(14(8-12)25-3)26-10-17(18,19)20/h4,6,8,11H,5,7,9-10H2,1-3H3,(H,23,24). The summed E-state index contributed by atoms with van der Waals surface area (Å²) in [6.45, 7) is 1.62. The highest BCUT2D eigenvalue weighted by molar-refractivity contribution is 5.81. The number of carbonyl (C=O) groups excluding carboxylic acids is 1. The van der Waals surface area contributed by atoms with Crippen molar-refractivity contribution in [2.75, 3.05) is 20.3 Å². The molecule has 0 saturated heterocycles. The number of carbonyl (C=O) groups is 2. The van der Waals surface area contributed by atoms with Gasteiger partial charge in [0.15, 0.2) is 18.1 Å². The second kappa shape index (κ2) is 9.30. The van der Waals surface area contributed by atoms with Gasteiger partial charge in [-0.3, -0.25) is 9.59 Å². The Balaban J connectivity index is 2.75. The van der Waals surface area contributed by atoms with Gasteiger partial charge in [0.25, 0.3) is 0 Å². The molecule has 6 nitrogen and oxygen atoms in total. The van der Waals surface area contributed by atoms with Crippen LogP contribution >= 0.6 is 0 Å². The molecule has 1 aromatic rings. The maximum Gasteiger partial charge on any atom is 0.422 e. The van der Waals surface area contributed by atoms with Crippen molar-refractivity contribution in [1.29, 1.82) is 0 Å². The number of halogens is 3. The predicted octanol–water partition coefficient (Wildman–Crippen LogP) is 2.89. The van der Waals surface area contributed by atoms with Crippen LogP contribution in [-0.2, 0) is 16.0 Å². The number of methoxy groups -OCH3 is 1. The first kappa shape index (κ1) is 21.6. The van der Waals surface area contributed by atoms with Crippen LogP contribution in [0.25, 0.3) is 0 Å². The highest BCUT2D eigenvalue weighted by Gasteiger charge is 2.29. The van der Waals surface area contributed by atoms with Crippen LogP contribution in [-0.4, -0.2) is 54.4 Å². The Morgan fingerprint density at radius 1 is 1.23 bits per heavy atom. The Morgan fingerprint density at radius 2 is 1.88 bits per heavy atom. The fourth-order valence-electron chi connectivity index (χ4n) is 2.25. The summed E-state index contributed by atoms with van der Waals surface area (Å²) < 4.78 is 46.5. The van der Waals surface area contributed by atoms with Gasteiger partial charge in [0.05, 0.1) is 7.11 Å². The number of alkyl halides is 3. The summed E-state index contributed by atoms with van der Waals surface area (Å²) in [5.41, 5.74) is 0.661. The number of hydrogen-bond donors (Lipinski definition) is 1. The molecule has 0 atom stereocenters. The van der Waals surface area contributed by atoms with Gasteiger partial charge in [0, 0.05) is 12.5 Å². The van der Waals surface area contributed by atoms with Crippen molar-refractivity contribution in [1.82, 2.24) is 4.90 Å². The van der Waals surface area contributed by atoms with Crippen LogP contribution in [0.2, 0.25) is 0 Å². The Kier molecular flexibility index (Phi) is 7.73. The molecule has 1 N–H and O–H groups in total. The molecule has 0 spiro atoms. The zero-order valence-electron chi connectivity index (χ0n) is 14.8. The molecule has 0 aliphatic carbocycles. The molecule has 0 aliphatic rings. The Hall–Kier alpha value is -2.45. The van der Waals surface area contributed by atoms with E-state index < -0.39 is 18.8 Å². The molecule has 0 aliphatic heterocycles. The van der Waals surface area contributed by atoms with Crippen LogP contribution in [0.4, 0.5) is 13.2 Å². The average molecular weight is 377 g/mol. The molecule has 1 amide bonds. The smallest absolute Gasteiger partial charge is 0.422 e. The second-order valence-electron chi connectivity index (χ2n) is 5.90. The minimum absolute atomic E-state index is 0.0467. The van der Waals surface area contributed by atoms with Crippen molar-refractivity contribution >= 4 is 11.9 Å². The third-order valence-corrected chi connectivity index (χ3v) is 3.50. The van der Waals surface area contributed by atoms with Gasteiger partial charge in [-0.2, -0.15) is 13.2 Å². The maximum atomic E-state index is 12.2. The monoisotopic (exact) mass is 377 g/mol. The van der Waals surface area contributed by atoms with E-state index in [-0.39, 0.29) is 42.8 Å². The lowest BCUT2D eigenvalue weighted by molar-refractivity contribution is -0.153. The number of benzene rings is 1. The Labute approximate surface area is 149 Å². The fourth-order valence-corrected chi connectivity index (χ4v) is 2.25. The van der Waals surface area contributed by atoms with Crippen LogP contribution in [0, 0.1) is 0 Å². The highest BCUT2D eigenvalue weighted by Crippen LogP contribution is 2.30. The largest absolute Gasteiger partial charge is 0.493 e. The minimum Gasteiger partial charge on any atom is -0.493 e. The Morgan fingerprint density at radius 3 is 2.38 bits per heavy atom. The summed E-state index contributed by atoms with van der Waals surface area (Å²) in [6.07, 6.45) is -4.10. The molecule has 0 fully saturated rings. The number of carboxylic acid groups (broad SMARTS) is 1. The lowest BCUT2D eigenvalue weighted by Crippen LogP contribution is -2.40. The topological polar surface area (TPSA) is 76.1 Å². The van der Waals surface area contributed by atoms with E-state index >= 15 is 0 Å². The minimum atomic E-state index is -4.46. The van der Waals surface area contributed by atoms with Crippen LogP contribution in [0.3, 0.4) is 0 Å². The molecule has 0 radical (unpaired) electrons. The van der Waals surface area contributed by atoms with Crippen LogP contribution in [0.15, 0.2) is 18.2 Å². The van der Waals surface area contributed by atoms with Gasteiger partial charge in [-0.1, -0.05) is 6.07 Å². The third kappa shape index (κ3) is 7.20. The molecular weight excluding hydrogens is 355 g/mol. The number of aryl methyl sites for hydroxylation is 1.